The van der Waals surface area contributed by atoms with Crippen LogP contribution in [0.5, 0.6) is 0 Å². The number of carbonyl (C=O) groups excluding carboxylic acids is 1. The van der Waals surface area contributed by atoms with Crippen molar-refractivity contribution in [2.24, 2.45) is 11.8 Å². The van der Waals surface area contributed by atoms with Gasteiger partial charge in [0.05, 0.1) is 6.42 Å². The van der Waals surface area contributed by atoms with Crippen LogP contribution in [0.2, 0.25) is 0 Å². The van der Waals surface area contributed by atoms with E-state index >= 15 is 0 Å². The van der Waals surface area contributed by atoms with Gasteiger partial charge in [0.25, 0.3) is 0 Å². The normalized spacial score (nSPS) is 13.9. The minimum atomic E-state index is -2.62. The largest absolute Gasteiger partial charge is 0.481 e. The lowest BCUT2D eigenvalue weighted by atomic mass is 9.80. The van der Waals surface area contributed by atoms with Crippen LogP contribution in [-0.2, 0) is 23.9 Å². The molecule has 2 unspecified atom stereocenters. The topological polar surface area (TPSA) is 138 Å². The summed E-state index contributed by atoms with van der Waals surface area (Å²) in [6.45, 7) is 6.46. The average molecular weight is 487 g/mol. The first kappa shape index (κ1) is 31.9. The maximum Gasteiger partial charge on any atom is 0.349 e. The van der Waals surface area contributed by atoms with Gasteiger partial charge < -0.3 is 20.1 Å². The highest BCUT2D eigenvalue weighted by Gasteiger charge is 2.54. The zero-order valence-electron chi connectivity index (χ0n) is 21.4. The van der Waals surface area contributed by atoms with Crippen molar-refractivity contribution < 1.29 is 39.2 Å². The van der Waals surface area contributed by atoms with Crippen molar-refractivity contribution in [3.63, 3.8) is 0 Å². The van der Waals surface area contributed by atoms with Gasteiger partial charge in [0.2, 0.25) is 5.60 Å². The van der Waals surface area contributed by atoms with Crippen LogP contribution in [0.1, 0.15) is 124 Å². The van der Waals surface area contributed by atoms with Gasteiger partial charge in [0, 0.05) is 6.42 Å². The minimum Gasteiger partial charge on any atom is -0.481 e. The van der Waals surface area contributed by atoms with E-state index in [1.165, 1.54) is 12.8 Å². The zero-order valence-corrected chi connectivity index (χ0v) is 21.4. The van der Waals surface area contributed by atoms with E-state index in [4.69, 9.17) is 4.74 Å². The van der Waals surface area contributed by atoms with Gasteiger partial charge in [-0.25, -0.2) is 4.79 Å². The number of carboxylic acids is 3. The Kier molecular flexibility index (Phi) is 17.1. The van der Waals surface area contributed by atoms with Gasteiger partial charge in [0.15, 0.2) is 0 Å². The summed E-state index contributed by atoms with van der Waals surface area (Å²) in [5.41, 5.74) is -2.62. The Hall–Kier alpha value is -2.12. The highest BCUT2D eigenvalue weighted by Crippen LogP contribution is 2.33. The summed E-state index contributed by atoms with van der Waals surface area (Å²) in [6.07, 6.45) is 10.7. The number of carbonyl (C=O) groups is 4. The zero-order chi connectivity index (χ0) is 26.0. The van der Waals surface area contributed by atoms with Crippen molar-refractivity contribution in [3.8, 4) is 0 Å². The van der Waals surface area contributed by atoms with Gasteiger partial charge >= 0.3 is 23.9 Å². The third kappa shape index (κ3) is 13.6. The fourth-order valence-corrected chi connectivity index (χ4v) is 4.19. The van der Waals surface area contributed by atoms with Crippen LogP contribution >= 0.6 is 0 Å². The Morgan fingerprint density at radius 1 is 0.735 bits per heavy atom. The van der Waals surface area contributed by atoms with Crippen LogP contribution < -0.4 is 0 Å². The number of esters is 1. The first-order chi connectivity index (χ1) is 16.1. The van der Waals surface area contributed by atoms with Crippen molar-refractivity contribution in [2.45, 2.75) is 129 Å². The summed E-state index contributed by atoms with van der Waals surface area (Å²) in [5, 5.41) is 28.9. The molecule has 0 aliphatic carbocycles. The van der Waals surface area contributed by atoms with Crippen LogP contribution in [0.25, 0.3) is 0 Å². The predicted molar refractivity (Wildman–Crippen MR) is 130 cm³/mol. The van der Waals surface area contributed by atoms with Crippen LogP contribution in [-0.4, -0.2) is 44.8 Å². The Morgan fingerprint density at radius 2 is 1.24 bits per heavy atom. The molecular weight excluding hydrogens is 440 g/mol. The van der Waals surface area contributed by atoms with Gasteiger partial charge in [-0.2, -0.15) is 0 Å². The van der Waals surface area contributed by atoms with E-state index in [1.807, 2.05) is 0 Å². The number of unbranched alkanes of at least 4 members (excludes halogenated alkanes) is 10. The summed E-state index contributed by atoms with van der Waals surface area (Å²) in [6, 6.07) is 0. The van der Waals surface area contributed by atoms with E-state index in [2.05, 4.69) is 20.8 Å². The van der Waals surface area contributed by atoms with Crippen LogP contribution in [0.3, 0.4) is 0 Å². The van der Waals surface area contributed by atoms with Crippen LogP contribution in [0.15, 0.2) is 0 Å². The Balaban J connectivity index is 4.99. The summed E-state index contributed by atoms with van der Waals surface area (Å²) >= 11 is 0. The van der Waals surface area contributed by atoms with E-state index in [1.54, 1.807) is 0 Å². The summed E-state index contributed by atoms with van der Waals surface area (Å²) in [4.78, 5) is 48.0. The van der Waals surface area contributed by atoms with Crippen molar-refractivity contribution in [1.29, 1.82) is 0 Å². The first-order valence-corrected chi connectivity index (χ1v) is 13.0. The van der Waals surface area contributed by atoms with E-state index in [0.717, 1.165) is 51.4 Å². The van der Waals surface area contributed by atoms with Gasteiger partial charge in [-0.1, -0.05) is 97.8 Å². The molecule has 0 aliphatic heterocycles. The predicted octanol–water partition coefficient (Wildman–Crippen LogP) is 6.06. The molecule has 0 spiro atoms. The summed E-state index contributed by atoms with van der Waals surface area (Å²) < 4.78 is 5.18. The van der Waals surface area contributed by atoms with Crippen molar-refractivity contribution in [1.82, 2.24) is 0 Å². The molecule has 34 heavy (non-hydrogen) atoms. The highest BCUT2D eigenvalue weighted by molar-refractivity contribution is 5.92. The van der Waals surface area contributed by atoms with Gasteiger partial charge in [-0.05, 0) is 18.8 Å². The lowest BCUT2D eigenvalue weighted by molar-refractivity contribution is -0.195. The van der Waals surface area contributed by atoms with Crippen molar-refractivity contribution >= 4 is 23.9 Å². The van der Waals surface area contributed by atoms with E-state index in [9.17, 15) is 34.5 Å². The number of aliphatic carboxylic acids is 3. The van der Waals surface area contributed by atoms with Gasteiger partial charge in [0.1, 0.15) is 5.92 Å². The first-order valence-electron chi connectivity index (χ1n) is 13.0. The number of ether oxygens (including phenoxy) is 1. The molecule has 198 valence electrons. The number of hydrogen-bond acceptors (Lipinski definition) is 5. The quantitative estimate of drug-likeness (QED) is 0.124. The maximum absolute atomic E-state index is 12.4. The molecule has 0 aliphatic rings. The molecule has 0 aromatic heterocycles. The molecule has 0 aromatic rings. The molecule has 0 saturated heterocycles. The third-order valence-corrected chi connectivity index (χ3v) is 6.19. The molecule has 0 radical (unpaired) electrons. The molecule has 0 saturated carbocycles. The molecule has 0 amide bonds. The Bertz CT molecular complexity index is 616. The molecule has 3 N–H and O–H groups in total. The Morgan fingerprint density at radius 3 is 1.71 bits per heavy atom. The fourth-order valence-electron chi connectivity index (χ4n) is 4.19. The monoisotopic (exact) mass is 486 g/mol. The number of hydrogen-bond donors (Lipinski definition) is 3. The highest BCUT2D eigenvalue weighted by atomic mass is 16.6. The summed E-state index contributed by atoms with van der Waals surface area (Å²) in [5.74, 6) is -6.52. The SMILES string of the molecule is CCCCCCCC(=O)OC(CC(=O)O)(C(=O)O)C(CCCCCCCCCC(C)C)C(=O)O. The molecule has 0 fully saturated rings. The molecule has 8 nitrogen and oxygen atoms in total. The molecule has 0 bridgehead atoms. The van der Waals surface area contributed by atoms with Crippen molar-refractivity contribution in [3.05, 3.63) is 0 Å². The second-order valence-corrected chi connectivity index (χ2v) is 9.74. The molecule has 0 heterocycles. The summed E-state index contributed by atoms with van der Waals surface area (Å²) in [7, 11) is 0. The second kappa shape index (κ2) is 18.2. The van der Waals surface area contributed by atoms with E-state index in [0.29, 0.717) is 25.2 Å². The second-order valence-electron chi connectivity index (χ2n) is 9.74. The van der Waals surface area contributed by atoms with E-state index < -0.39 is 41.8 Å². The number of carboxylic acid groups (broad SMARTS) is 3. The fraction of sp³-hybridized carbons (Fsp3) is 0.846. The molecule has 0 rings (SSSR count). The van der Waals surface area contributed by atoms with Gasteiger partial charge in [-0.3, -0.25) is 14.4 Å². The molecule has 0 aromatic carbocycles. The average Bonchev–Trinajstić information content (AvgIpc) is 2.73. The molecule has 8 heteroatoms. The van der Waals surface area contributed by atoms with Crippen LogP contribution in [0.4, 0.5) is 0 Å². The molecule has 2 atom stereocenters. The smallest absolute Gasteiger partial charge is 0.349 e. The van der Waals surface area contributed by atoms with Crippen molar-refractivity contribution in [2.75, 3.05) is 0 Å². The third-order valence-electron chi connectivity index (χ3n) is 6.19. The van der Waals surface area contributed by atoms with Gasteiger partial charge in [-0.15, -0.1) is 0 Å². The van der Waals surface area contributed by atoms with Crippen LogP contribution in [0, 0.1) is 11.8 Å². The number of rotatable bonds is 22. The standard InChI is InChI=1S/C26H46O8/c1-4-5-6-10-15-18-23(29)34-26(25(32)33,19-22(27)28)21(24(30)31)17-14-12-9-7-8-11-13-16-20(2)3/h20-21H,4-19H2,1-3H3,(H,27,28)(H,30,31)(H,32,33). The molecular formula is C26H46O8. The lowest BCUT2D eigenvalue weighted by Gasteiger charge is -2.33. The maximum atomic E-state index is 12.4. The minimum absolute atomic E-state index is 0.0634. The lowest BCUT2D eigenvalue weighted by Crippen LogP contribution is -2.54. The Labute approximate surface area is 204 Å². The van der Waals surface area contributed by atoms with E-state index in [-0.39, 0.29) is 12.8 Å².